The second kappa shape index (κ2) is 6.57. The maximum atomic E-state index is 12.9. The van der Waals surface area contributed by atoms with E-state index in [1.807, 2.05) is 0 Å². The summed E-state index contributed by atoms with van der Waals surface area (Å²) in [5.41, 5.74) is -1.09. The Morgan fingerprint density at radius 3 is 2.75 bits per heavy atom. The zero-order chi connectivity index (χ0) is 15.3. The number of carbonyl (C=O) groups is 2. The SMILES string of the molecule is COC(=O)C(O)CNC(=O)c1ccc(F)cc1[N+](=O)[O-]. The van der Waals surface area contributed by atoms with Crippen molar-refractivity contribution in [3.8, 4) is 0 Å². The van der Waals surface area contributed by atoms with Gasteiger partial charge in [-0.2, -0.15) is 0 Å². The van der Waals surface area contributed by atoms with Crippen molar-refractivity contribution in [1.29, 1.82) is 0 Å². The number of benzene rings is 1. The number of ether oxygens (including phenoxy) is 1. The molecule has 108 valence electrons. The van der Waals surface area contributed by atoms with Crippen molar-refractivity contribution < 1.29 is 28.7 Å². The molecule has 0 aliphatic carbocycles. The summed E-state index contributed by atoms with van der Waals surface area (Å²) in [7, 11) is 1.05. The second-order valence-corrected chi connectivity index (χ2v) is 3.67. The van der Waals surface area contributed by atoms with Gasteiger partial charge in [0.25, 0.3) is 11.6 Å². The van der Waals surface area contributed by atoms with Crippen LogP contribution in [0.2, 0.25) is 0 Å². The summed E-state index contributed by atoms with van der Waals surface area (Å²) in [5, 5.41) is 22.1. The van der Waals surface area contributed by atoms with E-state index >= 15 is 0 Å². The standard InChI is InChI=1S/C11H11FN2O6/c1-20-11(17)9(15)5-13-10(16)7-3-2-6(12)4-8(7)14(18)19/h2-4,9,15H,5H2,1H3,(H,13,16). The van der Waals surface area contributed by atoms with Crippen molar-refractivity contribution in [2.45, 2.75) is 6.10 Å². The number of rotatable bonds is 5. The summed E-state index contributed by atoms with van der Waals surface area (Å²) in [6.45, 7) is -0.486. The molecule has 0 saturated heterocycles. The first-order valence-corrected chi connectivity index (χ1v) is 5.35. The molecule has 0 aliphatic heterocycles. The van der Waals surface area contributed by atoms with Gasteiger partial charge in [0.2, 0.25) is 0 Å². The molecule has 0 saturated carbocycles. The number of aliphatic hydroxyl groups excluding tert-OH is 1. The van der Waals surface area contributed by atoms with Gasteiger partial charge in [-0.1, -0.05) is 0 Å². The van der Waals surface area contributed by atoms with E-state index in [1.54, 1.807) is 0 Å². The number of nitrogens with zero attached hydrogens (tertiary/aromatic N) is 1. The van der Waals surface area contributed by atoms with Crippen LogP contribution in [0.5, 0.6) is 0 Å². The minimum absolute atomic E-state index is 0.381. The fourth-order valence-corrected chi connectivity index (χ4v) is 1.35. The summed E-state index contributed by atoms with van der Waals surface area (Å²) in [5.74, 6) is -2.73. The lowest BCUT2D eigenvalue weighted by molar-refractivity contribution is -0.385. The van der Waals surface area contributed by atoms with E-state index < -0.39 is 41.0 Å². The van der Waals surface area contributed by atoms with Crippen LogP contribution in [0.3, 0.4) is 0 Å². The fourth-order valence-electron chi connectivity index (χ4n) is 1.35. The summed E-state index contributed by atoms with van der Waals surface area (Å²) < 4.78 is 17.1. The lowest BCUT2D eigenvalue weighted by Gasteiger charge is -2.09. The molecule has 8 nitrogen and oxygen atoms in total. The van der Waals surface area contributed by atoms with Crippen LogP contribution < -0.4 is 5.32 Å². The van der Waals surface area contributed by atoms with Crippen LogP contribution in [0, 0.1) is 15.9 Å². The molecule has 1 rings (SSSR count). The molecule has 0 bridgehead atoms. The molecule has 1 unspecified atom stereocenters. The number of esters is 1. The molecule has 20 heavy (non-hydrogen) atoms. The summed E-state index contributed by atoms with van der Waals surface area (Å²) >= 11 is 0. The van der Waals surface area contributed by atoms with Crippen LogP contribution in [0.4, 0.5) is 10.1 Å². The predicted molar refractivity (Wildman–Crippen MR) is 63.4 cm³/mol. The quantitative estimate of drug-likeness (QED) is 0.446. The number of carbonyl (C=O) groups excluding carboxylic acids is 2. The number of amides is 1. The highest BCUT2D eigenvalue weighted by atomic mass is 19.1. The van der Waals surface area contributed by atoms with E-state index in [0.717, 1.165) is 19.2 Å². The third-order valence-corrected chi connectivity index (χ3v) is 2.33. The third-order valence-electron chi connectivity index (χ3n) is 2.33. The van der Waals surface area contributed by atoms with Gasteiger partial charge in [-0.3, -0.25) is 14.9 Å². The van der Waals surface area contributed by atoms with Crippen LogP contribution in [-0.2, 0) is 9.53 Å². The van der Waals surface area contributed by atoms with Crippen molar-refractivity contribution in [3.05, 3.63) is 39.7 Å². The topological polar surface area (TPSA) is 119 Å². The van der Waals surface area contributed by atoms with Gasteiger partial charge < -0.3 is 15.2 Å². The van der Waals surface area contributed by atoms with Crippen LogP contribution in [0.15, 0.2) is 18.2 Å². The number of aliphatic hydroxyl groups is 1. The van der Waals surface area contributed by atoms with Crippen molar-refractivity contribution in [1.82, 2.24) is 5.32 Å². The molecule has 1 aromatic carbocycles. The predicted octanol–water partition coefficient (Wildman–Crippen LogP) is -0.00240. The maximum Gasteiger partial charge on any atom is 0.336 e. The first-order valence-electron chi connectivity index (χ1n) is 5.35. The molecule has 1 atom stereocenters. The van der Waals surface area contributed by atoms with Gasteiger partial charge in [-0.25, -0.2) is 9.18 Å². The minimum Gasteiger partial charge on any atom is -0.467 e. The number of nitro groups is 1. The summed E-state index contributed by atoms with van der Waals surface area (Å²) in [4.78, 5) is 32.4. The number of hydrogen-bond acceptors (Lipinski definition) is 6. The van der Waals surface area contributed by atoms with E-state index in [2.05, 4.69) is 10.1 Å². The van der Waals surface area contributed by atoms with Gasteiger partial charge in [-0.05, 0) is 12.1 Å². The normalized spacial score (nSPS) is 11.6. The molecule has 2 N–H and O–H groups in total. The molecule has 0 aromatic heterocycles. The molecular formula is C11H11FN2O6. The Kier molecular flexibility index (Phi) is 5.09. The lowest BCUT2D eigenvalue weighted by Crippen LogP contribution is -2.37. The first-order chi connectivity index (χ1) is 9.36. The highest BCUT2D eigenvalue weighted by Crippen LogP contribution is 2.19. The Bertz CT molecular complexity index is 548. The van der Waals surface area contributed by atoms with Gasteiger partial charge in [0.05, 0.1) is 24.6 Å². The molecule has 0 fully saturated rings. The molecule has 0 spiro atoms. The van der Waals surface area contributed by atoms with Crippen LogP contribution in [0.1, 0.15) is 10.4 Å². The van der Waals surface area contributed by atoms with Gasteiger partial charge >= 0.3 is 5.97 Å². The number of hydrogen-bond donors (Lipinski definition) is 2. The maximum absolute atomic E-state index is 12.9. The number of halogens is 1. The zero-order valence-corrected chi connectivity index (χ0v) is 10.3. The highest BCUT2D eigenvalue weighted by molar-refractivity contribution is 5.98. The lowest BCUT2D eigenvalue weighted by atomic mass is 10.1. The van der Waals surface area contributed by atoms with Gasteiger partial charge in [0.1, 0.15) is 11.4 Å². The van der Waals surface area contributed by atoms with Gasteiger partial charge in [0.15, 0.2) is 6.10 Å². The zero-order valence-electron chi connectivity index (χ0n) is 10.3. The Morgan fingerprint density at radius 2 is 2.20 bits per heavy atom. The second-order valence-electron chi connectivity index (χ2n) is 3.67. The highest BCUT2D eigenvalue weighted by Gasteiger charge is 2.23. The molecule has 1 aromatic rings. The van der Waals surface area contributed by atoms with E-state index in [1.165, 1.54) is 0 Å². The molecule has 1 amide bonds. The van der Waals surface area contributed by atoms with E-state index in [-0.39, 0.29) is 5.56 Å². The molecule has 9 heteroatoms. The average Bonchev–Trinajstić information content (AvgIpc) is 2.43. The minimum atomic E-state index is -1.59. The third kappa shape index (κ3) is 3.72. The fraction of sp³-hybridized carbons (Fsp3) is 0.273. The number of nitro benzene ring substituents is 1. The van der Waals surface area contributed by atoms with Crippen molar-refractivity contribution in [3.63, 3.8) is 0 Å². The Hall–Kier alpha value is -2.55. The number of methoxy groups -OCH3 is 1. The Balaban J connectivity index is 2.83. The summed E-state index contributed by atoms with van der Waals surface area (Å²) in [6, 6.07) is 2.43. The van der Waals surface area contributed by atoms with E-state index in [9.17, 15) is 29.2 Å². The van der Waals surface area contributed by atoms with Crippen LogP contribution >= 0.6 is 0 Å². The molecule has 0 radical (unpaired) electrons. The van der Waals surface area contributed by atoms with Crippen molar-refractivity contribution >= 4 is 17.6 Å². The molecule has 0 aliphatic rings. The largest absolute Gasteiger partial charge is 0.467 e. The first kappa shape index (κ1) is 15.5. The average molecular weight is 286 g/mol. The molecular weight excluding hydrogens is 275 g/mol. The Labute approximate surface area is 112 Å². The van der Waals surface area contributed by atoms with Crippen molar-refractivity contribution in [2.75, 3.05) is 13.7 Å². The summed E-state index contributed by atoms with van der Waals surface area (Å²) in [6.07, 6.45) is -1.59. The van der Waals surface area contributed by atoms with Crippen molar-refractivity contribution in [2.24, 2.45) is 0 Å². The van der Waals surface area contributed by atoms with Gasteiger partial charge in [-0.15, -0.1) is 0 Å². The van der Waals surface area contributed by atoms with E-state index in [0.29, 0.717) is 6.07 Å². The van der Waals surface area contributed by atoms with Crippen LogP contribution in [0.25, 0.3) is 0 Å². The van der Waals surface area contributed by atoms with Crippen LogP contribution in [-0.4, -0.2) is 41.7 Å². The number of nitrogens with one attached hydrogen (secondary N) is 1. The van der Waals surface area contributed by atoms with Gasteiger partial charge in [0, 0.05) is 0 Å². The monoisotopic (exact) mass is 286 g/mol. The van der Waals surface area contributed by atoms with E-state index in [4.69, 9.17) is 0 Å². The molecule has 0 heterocycles. The smallest absolute Gasteiger partial charge is 0.336 e. The Morgan fingerprint density at radius 1 is 1.55 bits per heavy atom.